The molecule has 0 aliphatic rings. The van der Waals surface area contributed by atoms with Crippen LogP contribution in [0.25, 0.3) is 0 Å². The van der Waals surface area contributed by atoms with E-state index in [1.165, 1.54) is 34.6 Å². The molecule has 3 aromatic rings. The summed E-state index contributed by atoms with van der Waals surface area (Å²) < 4.78 is 41.4. The summed E-state index contributed by atoms with van der Waals surface area (Å²) in [5.74, 6) is -0.436. The van der Waals surface area contributed by atoms with Crippen LogP contribution in [0, 0.1) is 12.7 Å². The first kappa shape index (κ1) is 19.7. The van der Waals surface area contributed by atoms with Crippen LogP contribution in [-0.4, -0.2) is 8.42 Å². The number of benzene rings is 3. The number of sulfonamides is 1. The molecule has 0 aliphatic carbocycles. The Balaban J connectivity index is 2.11. The van der Waals surface area contributed by atoms with Gasteiger partial charge in [0.15, 0.2) is 0 Å². The van der Waals surface area contributed by atoms with Crippen LogP contribution in [0.4, 0.5) is 10.1 Å². The van der Waals surface area contributed by atoms with Gasteiger partial charge in [0.1, 0.15) is 5.82 Å². The SMILES string of the molecule is Cc1ccc(S(=O)(=O)N(Cc2cccc(F)c2)c2cccc(Cl)c2)cc1Cl. The van der Waals surface area contributed by atoms with E-state index >= 15 is 0 Å². The Labute approximate surface area is 168 Å². The van der Waals surface area contributed by atoms with Gasteiger partial charge in [-0.3, -0.25) is 4.31 Å². The second-order valence-corrected chi connectivity index (χ2v) is 8.74. The van der Waals surface area contributed by atoms with E-state index in [0.717, 1.165) is 5.56 Å². The predicted molar refractivity (Wildman–Crippen MR) is 107 cm³/mol. The third-order valence-electron chi connectivity index (χ3n) is 4.04. The van der Waals surface area contributed by atoms with E-state index in [2.05, 4.69) is 0 Å². The summed E-state index contributed by atoms with van der Waals surface area (Å²) in [6, 6.07) is 16.9. The van der Waals surface area contributed by atoms with E-state index in [0.29, 0.717) is 21.3 Å². The van der Waals surface area contributed by atoms with Crippen molar-refractivity contribution < 1.29 is 12.8 Å². The van der Waals surface area contributed by atoms with Crippen LogP contribution in [0.5, 0.6) is 0 Å². The molecular weight excluding hydrogens is 408 g/mol. The number of hydrogen-bond donors (Lipinski definition) is 0. The van der Waals surface area contributed by atoms with Gasteiger partial charge in [-0.15, -0.1) is 0 Å². The van der Waals surface area contributed by atoms with Crippen LogP contribution < -0.4 is 4.31 Å². The monoisotopic (exact) mass is 423 g/mol. The van der Waals surface area contributed by atoms with Crippen LogP contribution in [-0.2, 0) is 16.6 Å². The molecule has 27 heavy (non-hydrogen) atoms. The lowest BCUT2D eigenvalue weighted by atomic mass is 10.2. The number of rotatable bonds is 5. The molecule has 0 spiro atoms. The Morgan fingerprint density at radius 2 is 1.70 bits per heavy atom. The van der Waals surface area contributed by atoms with Crippen molar-refractivity contribution in [1.82, 2.24) is 0 Å². The largest absolute Gasteiger partial charge is 0.264 e. The summed E-state index contributed by atoms with van der Waals surface area (Å²) in [5, 5.41) is 0.752. The molecule has 0 aromatic heterocycles. The average Bonchev–Trinajstić information content (AvgIpc) is 2.62. The fraction of sp³-hybridized carbons (Fsp3) is 0.100. The lowest BCUT2D eigenvalue weighted by Gasteiger charge is -2.25. The van der Waals surface area contributed by atoms with Gasteiger partial charge in [0.25, 0.3) is 10.0 Å². The zero-order chi connectivity index (χ0) is 19.6. The first-order valence-corrected chi connectivity index (χ1v) is 10.3. The molecular formula is C20H16Cl2FNO2S. The molecule has 0 saturated carbocycles. The van der Waals surface area contributed by atoms with Crippen LogP contribution in [0.1, 0.15) is 11.1 Å². The molecule has 3 rings (SSSR count). The Morgan fingerprint density at radius 1 is 0.963 bits per heavy atom. The molecule has 0 aliphatic heterocycles. The minimum Gasteiger partial charge on any atom is -0.262 e. The standard InChI is InChI=1S/C20H16Cl2FNO2S/c1-14-8-9-19(12-20(14)22)27(25,26)24(18-7-3-5-16(21)11-18)13-15-4-2-6-17(23)10-15/h2-12H,13H2,1H3. The molecule has 0 radical (unpaired) electrons. The third-order valence-corrected chi connectivity index (χ3v) is 6.45. The minimum absolute atomic E-state index is 0.0497. The number of hydrogen-bond acceptors (Lipinski definition) is 2. The number of halogens is 3. The van der Waals surface area contributed by atoms with Crippen molar-refractivity contribution in [2.45, 2.75) is 18.4 Å². The molecule has 3 aromatic carbocycles. The fourth-order valence-electron chi connectivity index (χ4n) is 2.61. The van der Waals surface area contributed by atoms with Crippen molar-refractivity contribution in [1.29, 1.82) is 0 Å². The smallest absolute Gasteiger partial charge is 0.262 e. The summed E-state index contributed by atoms with van der Waals surface area (Å²) in [6.45, 7) is 1.74. The summed E-state index contributed by atoms with van der Waals surface area (Å²) in [6.07, 6.45) is 0. The van der Waals surface area contributed by atoms with Gasteiger partial charge in [-0.05, 0) is 60.5 Å². The lowest BCUT2D eigenvalue weighted by Crippen LogP contribution is -2.30. The van der Waals surface area contributed by atoms with Crippen molar-refractivity contribution in [3.63, 3.8) is 0 Å². The number of anilines is 1. The maximum atomic E-state index is 13.6. The van der Waals surface area contributed by atoms with Gasteiger partial charge in [0.05, 0.1) is 17.1 Å². The van der Waals surface area contributed by atoms with Crippen LogP contribution in [0.15, 0.2) is 71.6 Å². The molecule has 7 heteroatoms. The molecule has 140 valence electrons. The van der Waals surface area contributed by atoms with E-state index in [1.54, 1.807) is 43.3 Å². The van der Waals surface area contributed by atoms with Crippen LogP contribution >= 0.6 is 23.2 Å². The molecule has 0 unspecified atom stereocenters. The molecule has 3 nitrogen and oxygen atoms in total. The average molecular weight is 424 g/mol. The highest BCUT2D eigenvalue weighted by Gasteiger charge is 2.26. The molecule has 0 N–H and O–H groups in total. The Kier molecular flexibility index (Phi) is 5.75. The molecule has 0 saturated heterocycles. The molecule has 0 atom stereocenters. The Morgan fingerprint density at radius 3 is 2.37 bits per heavy atom. The first-order chi connectivity index (χ1) is 12.8. The van der Waals surface area contributed by atoms with Gasteiger partial charge in [0, 0.05) is 10.0 Å². The molecule has 0 heterocycles. The van der Waals surface area contributed by atoms with Crippen molar-refractivity contribution >= 4 is 38.9 Å². The van der Waals surface area contributed by atoms with Gasteiger partial charge in [-0.25, -0.2) is 12.8 Å². The highest BCUT2D eigenvalue weighted by Crippen LogP contribution is 2.30. The van der Waals surface area contributed by atoms with Crippen molar-refractivity contribution in [3.05, 3.63) is 93.7 Å². The first-order valence-electron chi connectivity index (χ1n) is 8.06. The maximum absolute atomic E-state index is 13.6. The van der Waals surface area contributed by atoms with E-state index in [9.17, 15) is 12.8 Å². The molecule has 0 fully saturated rings. The zero-order valence-corrected chi connectivity index (χ0v) is 16.7. The number of nitrogens with zero attached hydrogens (tertiary/aromatic N) is 1. The third kappa shape index (κ3) is 4.43. The minimum atomic E-state index is -3.95. The highest BCUT2D eigenvalue weighted by molar-refractivity contribution is 7.92. The van der Waals surface area contributed by atoms with Gasteiger partial charge >= 0.3 is 0 Å². The van der Waals surface area contributed by atoms with E-state index < -0.39 is 15.8 Å². The summed E-state index contributed by atoms with van der Waals surface area (Å²) in [5.41, 5.74) is 1.66. The topological polar surface area (TPSA) is 37.4 Å². The highest BCUT2D eigenvalue weighted by atomic mass is 35.5. The van der Waals surface area contributed by atoms with Gasteiger partial charge < -0.3 is 0 Å². The van der Waals surface area contributed by atoms with Gasteiger partial charge in [-0.1, -0.05) is 47.5 Å². The van der Waals surface area contributed by atoms with E-state index in [-0.39, 0.29) is 11.4 Å². The van der Waals surface area contributed by atoms with E-state index in [4.69, 9.17) is 23.2 Å². The summed E-state index contributed by atoms with van der Waals surface area (Å²) >= 11 is 12.2. The normalized spacial score (nSPS) is 11.4. The summed E-state index contributed by atoms with van der Waals surface area (Å²) in [7, 11) is -3.95. The second kappa shape index (κ2) is 7.89. The van der Waals surface area contributed by atoms with Crippen molar-refractivity contribution in [2.75, 3.05) is 4.31 Å². The van der Waals surface area contributed by atoms with Gasteiger partial charge in [0.2, 0.25) is 0 Å². The molecule has 0 bridgehead atoms. The summed E-state index contributed by atoms with van der Waals surface area (Å²) in [4.78, 5) is 0.0504. The lowest BCUT2D eigenvalue weighted by molar-refractivity contribution is 0.589. The van der Waals surface area contributed by atoms with Crippen LogP contribution in [0.2, 0.25) is 10.0 Å². The zero-order valence-electron chi connectivity index (χ0n) is 14.4. The Hall–Kier alpha value is -2.08. The second-order valence-electron chi connectivity index (χ2n) is 6.03. The number of aryl methyl sites for hydroxylation is 1. The predicted octanol–water partition coefficient (Wildman–Crippen LogP) is 5.84. The molecule has 0 amide bonds. The van der Waals surface area contributed by atoms with Gasteiger partial charge in [-0.2, -0.15) is 0 Å². The Bertz CT molecular complexity index is 1090. The maximum Gasteiger partial charge on any atom is 0.264 e. The van der Waals surface area contributed by atoms with Crippen molar-refractivity contribution in [2.24, 2.45) is 0 Å². The quantitative estimate of drug-likeness (QED) is 0.516. The van der Waals surface area contributed by atoms with E-state index in [1.807, 2.05) is 0 Å². The van der Waals surface area contributed by atoms with Crippen molar-refractivity contribution in [3.8, 4) is 0 Å². The fourth-order valence-corrected chi connectivity index (χ4v) is 4.51. The van der Waals surface area contributed by atoms with Crippen LogP contribution in [0.3, 0.4) is 0 Å².